The highest BCUT2D eigenvalue weighted by atomic mass is 16.2. The Kier molecular flexibility index (Phi) is 7.42. The van der Waals surface area contributed by atoms with Gasteiger partial charge in [-0.3, -0.25) is 14.5 Å². The number of carbonyl (C=O) groups excluding carboxylic acids is 2. The number of aryl methyl sites for hydroxylation is 1. The molecule has 1 atom stereocenters. The number of benzene rings is 2. The van der Waals surface area contributed by atoms with E-state index in [4.69, 9.17) is 0 Å². The molecule has 0 bridgehead atoms. The van der Waals surface area contributed by atoms with Crippen LogP contribution in [0.4, 0.5) is 0 Å². The Hall–Kier alpha value is -3.16. The SMILES string of the molecule is Cc1ccc([C@@H](CNC(=O)C(=O)NCCc2c[nH]c3ccccc23)N2CCN(C)CC2)cc1. The molecule has 174 valence electrons. The number of rotatable bonds is 7. The van der Waals surface area contributed by atoms with Crippen LogP contribution in [-0.4, -0.2) is 72.9 Å². The summed E-state index contributed by atoms with van der Waals surface area (Å²) in [6, 6.07) is 16.5. The van der Waals surface area contributed by atoms with Crippen molar-refractivity contribution in [2.75, 3.05) is 46.3 Å². The zero-order valence-corrected chi connectivity index (χ0v) is 19.4. The molecule has 2 aromatic carbocycles. The Morgan fingerprint density at radius 1 is 0.970 bits per heavy atom. The van der Waals surface area contributed by atoms with Gasteiger partial charge in [0.15, 0.2) is 0 Å². The van der Waals surface area contributed by atoms with E-state index in [1.165, 1.54) is 5.56 Å². The van der Waals surface area contributed by atoms with Gasteiger partial charge < -0.3 is 20.5 Å². The van der Waals surface area contributed by atoms with Crippen LogP contribution in [0.3, 0.4) is 0 Å². The molecule has 4 rings (SSSR count). The summed E-state index contributed by atoms with van der Waals surface area (Å²) in [6.45, 7) is 6.73. The first kappa shape index (κ1) is 23.0. The van der Waals surface area contributed by atoms with Crippen molar-refractivity contribution in [3.8, 4) is 0 Å². The van der Waals surface area contributed by atoms with E-state index in [9.17, 15) is 9.59 Å². The monoisotopic (exact) mass is 447 g/mol. The van der Waals surface area contributed by atoms with E-state index in [-0.39, 0.29) is 6.04 Å². The van der Waals surface area contributed by atoms with E-state index < -0.39 is 11.8 Å². The van der Waals surface area contributed by atoms with Gasteiger partial charge in [-0.25, -0.2) is 0 Å². The fourth-order valence-corrected chi connectivity index (χ4v) is 4.38. The number of amides is 2. The number of nitrogens with zero attached hydrogens (tertiary/aromatic N) is 2. The number of hydrogen-bond donors (Lipinski definition) is 3. The van der Waals surface area contributed by atoms with Crippen LogP contribution in [0, 0.1) is 6.92 Å². The lowest BCUT2D eigenvalue weighted by atomic mass is 10.0. The van der Waals surface area contributed by atoms with Gasteiger partial charge in [-0.05, 0) is 37.6 Å². The Bertz CT molecular complexity index is 1080. The number of H-pyrrole nitrogens is 1. The van der Waals surface area contributed by atoms with Crippen LogP contribution in [0.1, 0.15) is 22.7 Å². The van der Waals surface area contributed by atoms with Crippen LogP contribution in [-0.2, 0) is 16.0 Å². The normalized spacial score (nSPS) is 15.9. The van der Waals surface area contributed by atoms with E-state index in [0.717, 1.165) is 48.2 Å². The summed E-state index contributed by atoms with van der Waals surface area (Å²) < 4.78 is 0. The molecule has 0 saturated carbocycles. The molecule has 1 aromatic heterocycles. The van der Waals surface area contributed by atoms with Crippen LogP contribution in [0.5, 0.6) is 0 Å². The topological polar surface area (TPSA) is 80.5 Å². The molecule has 2 amide bonds. The van der Waals surface area contributed by atoms with Gasteiger partial charge in [-0.1, -0.05) is 48.0 Å². The number of carbonyl (C=O) groups is 2. The first-order valence-corrected chi connectivity index (χ1v) is 11.6. The summed E-state index contributed by atoms with van der Waals surface area (Å²) in [4.78, 5) is 32.8. The average molecular weight is 448 g/mol. The van der Waals surface area contributed by atoms with Gasteiger partial charge in [-0.15, -0.1) is 0 Å². The average Bonchev–Trinajstić information content (AvgIpc) is 3.24. The second-order valence-electron chi connectivity index (χ2n) is 8.84. The van der Waals surface area contributed by atoms with E-state index >= 15 is 0 Å². The van der Waals surface area contributed by atoms with E-state index in [2.05, 4.69) is 69.7 Å². The van der Waals surface area contributed by atoms with Crippen molar-refractivity contribution in [3.63, 3.8) is 0 Å². The Morgan fingerprint density at radius 2 is 1.67 bits per heavy atom. The third kappa shape index (κ3) is 5.80. The molecule has 3 aromatic rings. The maximum atomic E-state index is 12.5. The minimum Gasteiger partial charge on any atom is -0.361 e. The molecular weight excluding hydrogens is 414 g/mol. The van der Waals surface area contributed by atoms with Gasteiger partial charge in [0.05, 0.1) is 6.04 Å². The second kappa shape index (κ2) is 10.6. The summed E-state index contributed by atoms with van der Waals surface area (Å²) in [7, 11) is 2.13. The molecule has 0 unspecified atom stereocenters. The Labute approximate surface area is 195 Å². The number of likely N-dealkylation sites (N-methyl/N-ethyl adjacent to an activating group) is 1. The number of aromatic amines is 1. The van der Waals surface area contributed by atoms with Crippen LogP contribution in [0.2, 0.25) is 0 Å². The smallest absolute Gasteiger partial charge is 0.309 e. The summed E-state index contributed by atoms with van der Waals surface area (Å²) in [5, 5.41) is 6.76. The number of fused-ring (bicyclic) bond motifs is 1. The maximum absolute atomic E-state index is 12.5. The van der Waals surface area contributed by atoms with Crippen molar-refractivity contribution in [2.24, 2.45) is 0 Å². The van der Waals surface area contributed by atoms with Crippen LogP contribution < -0.4 is 10.6 Å². The minimum atomic E-state index is -0.587. The van der Waals surface area contributed by atoms with Gasteiger partial charge in [0.1, 0.15) is 0 Å². The predicted octanol–water partition coefficient (Wildman–Crippen LogP) is 2.24. The highest BCUT2D eigenvalue weighted by molar-refractivity contribution is 6.35. The number of nitrogens with one attached hydrogen (secondary N) is 3. The maximum Gasteiger partial charge on any atom is 0.309 e. The fourth-order valence-electron chi connectivity index (χ4n) is 4.38. The summed E-state index contributed by atoms with van der Waals surface area (Å²) in [5.41, 5.74) is 4.56. The molecule has 3 N–H and O–H groups in total. The molecule has 7 nitrogen and oxygen atoms in total. The van der Waals surface area contributed by atoms with Gasteiger partial charge in [-0.2, -0.15) is 0 Å². The quantitative estimate of drug-likeness (QED) is 0.486. The van der Waals surface area contributed by atoms with Crippen molar-refractivity contribution in [1.82, 2.24) is 25.4 Å². The zero-order valence-electron chi connectivity index (χ0n) is 19.4. The second-order valence-corrected chi connectivity index (χ2v) is 8.84. The van der Waals surface area contributed by atoms with Gasteiger partial charge in [0, 0.05) is 56.4 Å². The fraction of sp³-hybridized carbons (Fsp3) is 0.385. The molecule has 1 aliphatic heterocycles. The Morgan fingerprint density at radius 3 is 2.42 bits per heavy atom. The molecule has 0 spiro atoms. The van der Waals surface area contributed by atoms with Gasteiger partial charge >= 0.3 is 11.8 Å². The number of aromatic nitrogens is 1. The number of piperazine rings is 1. The van der Waals surface area contributed by atoms with E-state index in [1.807, 2.05) is 24.4 Å². The lowest BCUT2D eigenvalue weighted by molar-refractivity contribution is -0.139. The van der Waals surface area contributed by atoms with Crippen molar-refractivity contribution in [3.05, 3.63) is 71.4 Å². The molecule has 7 heteroatoms. The predicted molar refractivity (Wildman–Crippen MR) is 131 cm³/mol. The van der Waals surface area contributed by atoms with Crippen molar-refractivity contribution in [2.45, 2.75) is 19.4 Å². The summed E-state index contributed by atoms with van der Waals surface area (Å²) >= 11 is 0. The first-order valence-electron chi connectivity index (χ1n) is 11.6. The van der Waals surface area contributed by atoms with E-state index in [1.54, 1.807) is 0 Å². The van der Waals surface area contributed by atoms with Crippen LogP contribution in [0.25, 0.3) is 10.9 Å². The van der Waals surface area contributed by atoms with Gasteiger partial charge in [0.25, 0.3) is 0 Å². The lowest BCUT2D eigenvalue weighted by Crippen LogP contribution is -2.49. The molecule has 33 heavy (non-hydrogen) atoms. The summed E-state index contributed by atoms with van der Waals surface area (Å²) in [5.74, 6) is -1.17. The van der Waals surface area contributed by atoms with Gasteiger partial charge in [0.2, 0.25) is 0 Å². The zero-order chi connectivity index (χ0) is 23.2. The molecule has 1 aliphatic rings. The van der Waals surface area contributed by atoms with E-state index in [0.29, 0.717) is 19.5 Å². The third-order valence-electron chi connectivity index (χ3n) is 6.46. The lowest BCUT2D eigenvalue weighted by Gasteiger charge is -2.38. The number of para-hydroxylation sites is 1. The highest BCUT2D eigenvalue weighted by Crippen LogP contribution is 2.22. The van der Waals surface area contributed by atoms with Crippen LogP contribution in [0.15, 0.2) is 54.7 Å². The van der Waals surface area contributed by atoms with Crippen molar-refractivity contribution >= 4 is 22.7 Å². The Balaban J connectivity index is 1.31. The molecule has 2 heterocycles. The molecule has 1 fully saturated rings. The largest absolute Gasteiger partial charge is 0.361 e. The minimum absolute atomic E-state index is 0.0438. The van der Waals surface area contributed by atoms with Crippen molar-refractivity contribution in [1.29, 1.82) is 0 Å². The third-order valence-corrected chi connectivity index (χ3v) is 6.46. The highest BCUT2D eigenvalue weighted by Gasteiger charge is 2.25. The molecule has 1 saturated heterocycles. The first-order chi connectivity index (χ1) is 16.0. The number of hydrogen-bond acceptors (Lipinski definition) is 4. The molecule has 0 radical (unpaired) electrons. The van der Waals surface area contributed by atoms with Crippen molar-refractivity contribution < 1.29 is 9.59 Å². The van der Waals surface area contributed by atoms with Crippen LogP contribution >= 0.6 is 0 Å². The molecule has 0 aliphatic carbocycles. The summed E-state index contributed by atoms with van der Waals surface area (Å²) in [6.07, 6.45) is 2.62. The standard InChI is InChI=1S/C26H33N5O2/c1-19-7-9-20(10-8-19)24(31-15-13-30(2)14-16-31)18-29-26(33)25(32)27-12-11-21-17-28-23-6-4-3-5-22(21)23/h3-10,17,24,28H,11-16,18H2,1-2H3,(H,27,32)(H,29,33)/t24-/m1/s1. The molecular formula is C26H33N5O2.